The van der Waals surface area contributed by atoms with Crippen molar-refractivity contribution in [3.8, 4) is 0 Å². The van der Waals surface area contributed by atoms with Crippen molar-refractivity contribution in [2.24, 2.45) is 12.8 Å². The number of carboxylic acid groups (broad SMARTS) is 1. The van der Waals surface area contributed by atoms with Crippen LogP contribution < -0.4 is 5.73 Å². The zero-order valence-electron chi connectivity index (χ0n) is 6.11. The largest absolute Gasteiger partial charge is 0.476 e. The van der Waals surface area contributed by atoms with E-state index in [1.165, 1.54) is 6.33 Å². The maximum Gasteiger partial charge on any atom is 0.356 e. The van der Waals surface area contributed by atoms with Crippen LogP contribution in [-0.4, -0.2) is 20.6 Å². The van der Waals surface area contributed by atoms with Gasteiger partial charge in [-0.3, -0.25) is 0 Å². The van der Waals surface area contributed by atoms with Gasteiger partial charge >= 0.3 is 5.97 Å². The lowest BCUT2D eigenvalue weighted by Crippen LogP contribution is -2.09. The maximum atomic E-state index is 10.5. The van der Waals surface area contributed by atoms with Crippen LogP contribution in [0.25, 0.3) is 0 Å². The number of hydrogen-bond donors (Lipinski definition) is 2. The molecule has 0 bridgehead atoms. The van der Waals surface area contributed by atoms with E-state index >= 15 is 0 Å². The Kier molecular flexibility index (Phi) is 1.91. The lowest BCUT2D eigenvalue weighted by Gasteiger charge is -1.97. The van der Waals surface area contributed by atoms with E-state index in [2.05, 4.69) is 4.98 Å². The molecule has 0 aromatic carbocycles. The number of aryl methyl sites for hydroxylation is 1. The summed E-state index contributed by atoms with van der Waals surface area (Å²) in [7, 11) is 1.71. The highest BCUT2D eigenvalue weighted by atomic mass is 16.4. The number of imidazole rings is 1. The highest BCUT2D eigenvalue weighted by Gasteiger charge is 2.13. The molecule has 1 aromatic heterocycles. The van der Waals surface area contributed by atoms with Gasteiger partial charge in [0.05, 0.1) is 12.0 Å². The van der Waals surface area contributed by atoms with Crippen LogP contribution in [0.15, 0.2) is 6.33 Å². The Labute approximate surface area is 63.5 Å². The molecular formula is C6H9N3O2. The average molecular weight is 155 g/mol. The van der Waals surface area contributed by atoms with Gasteiger partial charge in [0.15, 0.2) is 5.69 Å². The monoisotopic (exact) mass is 155 g/mol. The molecule has 1 rings (SSSR count). The third kappa shape index (κ3) is 1.22. The molecule has 1 aromatic rings. The topological polar surface area (TPSA) is 81.1 Å². The highest BCUT2D eigenvalue weighted by molar-refractivity contribution is 5.86. The second-order valence-electron chi connectivity index (χ2n) is 2.16. The molecule has 0 aliphatic carbocycles. The Morgan fingerprint density at radius 2 is 2.55 bits per heavy atom. The Morgan fingerprint density at radius 3 is 2.91 bits per heavy atom. The van der Waals surface area contributed by atoms with Gasteiger partial charge in [-0.15, -0.1) is 0 Å². The Hall–Kier alpha value is -1.36. The highest BCUT2D eigenvalue weighted by Crippen LogP contribution is 2.03. The fraction of sp³-hybridized carbons (Fsp3) is 0.333. The molecule has 11 heavy (non-hydrogen) atoms. The summed E-state index contributed by atoms with van der Waals surface area (Å²) in [4.78, 5) is 14.1. The molecule has 0 aliphatic rings. The molecule has 0 aliphatic heterocycles. The standard InChI is InChI=1S/C6H9N3O2/c1-9-3-8-5(6(10)11)4(9)2-7/h3H,2,7H2,1H3,(H,10,11). The first kappa shape index (κ1) is 7.74. The summed E-state index contributed by atoms with van der Waals surface area (Å²) < 4.78 is 1.60. The molecule has 5 nitrogen and oxygen atoms in total. The summed E-state index contributed by atoms with van der Waals surface area (Å²) in [5.41, 5.74) is 5.89. The second-order valence-corrected chi connectivity index (χ2v) is 2.16. The van der Waals surface area contributed by atoms with Gasteiger partial charge in [-0.05, 0) is 0 Å². The van der Waals surface area contributed by atoms with Crippen LogP contribution in [0.5, 0.6) is 0 Å². The molecule has 0 unspecified atom stereocenters. The second kappa shape index (κ2) is 2.71. The molecule has 0 radical (unpaired) electrons. The molecule has 0 saturated heterocycles. The van der Waals surface area contributed by atoms with E-state index in [-0.39, 0.29) is 12.2 Å². The molecule has 0 fully saturated rings. The Morgan fingerprint density at radius 1 is 1.91 bits per heavy atom. The molecule has 0 saturated carbocycles. The quantitative estimate of drug-likeness (QED) is 0.607. The van der Waals surface area contributed by atoms with Gasteiger partial charge in [0.2, 0.25) is 0 Å². The van der Waals surface area contributed by atoms with Crippen LogP contribution in [0.4, 0.5) is 0 Å². The van der Waals surface area contributed by atoms with E-state index < -0.39 is 5.97 Å². The van der Waals surface area contributed by atoms with Crippen LogP contribution in [0.1, 0.15) is 16.2 Å². The zero-order valence-corrected chi connectivity index (χ0v) is 6.11. The third-order valence-electron chi connectivity index (χ3n) is 1.46. The number of carbonyl (C=O) groups is 1. The van der Waals surface area contributed by atoms with Gasteiger partial charge in [0, 0.05) is 13.6 Å². The summed E-state index contributed by atoms with van der Waals surface area (Å²) in [6.07, 6.45) is 1.44. The minimum Gasteiger partial charge on any atom is -0.476 e. The van der Waals surface area contributed by atoms with Gasteiger partial charge < -0.3 is 15.4 Å². The van der Waals surface area contributed by atoms with Gasteiger partial charge in [0.1, 0.15) is 0 Å². The molecule has 0 atom stereocenters. The number of nitrogens with two attached hydrogens (primary N) is 1. The van der Waals surface area contributed by atoms with Gasteiger partial charge in [-0.2, -0.15) is 0 Å². The first-order chi connectivity index (χ1) is 5.16. The number of aromatic carboxylic acids is 1. The fourth-order valence-electron chi connectivity index (χ4n) is 0.875. The minimum atomic E-state index is -1.04. The normalized spacial score (nSPS) is 10.0. The number of carboxylic acids is 1. The lowest BCUT2D eigenvalue weighted by molar-refractivity contribution is 0.0689. The van der Waals surface area contributed by atoms with Gasteiger partial charge in [-0.25, -0.2) is 9.78 Å². The van der Waals surface area contributed by atoms with Crippen molar-refractivity contribution >= 4 is 5.97 Å². The summed E-state index contributed by atoms with van der Waals surface area (Å²) in [5.74, 6) is -1.04. The smallest absolute Gasteiger partial charge is 0.356 e. The summed E-state index contributed by atoms with van der Waals surface area (Å²) in [5, 5.41) is 8.58. The minimum absolute atomic E-state index is 0.0370. The predicted octanol–water partition coefficient (Wildman–Crippen LogP) is -0.423. The van der Waals surface area contributed by atoms with E-state index in [0.29, 0.717) is 5.69 Å². The Balaban J connectivity index is 3.15. The Bertz CT molecular complexity index is 279. The third-order valence-corrected chi connectivity index (χ3v) is 1.46. The zero-order chi connectivity index (χ0) is 8.43. The van der Waals surface area contributed by atoms with E-state index in [1.54, 1.807) is 11.6 Å². The van der Waals surface area contributed by atoms with Crippen molar-refractivity contribution in [1.29, 1.82) is 0 Å². The summed E-state index contributed by atoms with van der Waals surface area (Å²) in [6, 6.07) is 0. The summed E-state index contributed by atoms with van der Waals surface area (Å²) >= 11 is 0. The van der Waals surface area contributed by atoms with E-state index in [4.69, 9.17) is 10.8 Å². The number of nitrogens with zero attached hydrogens (tertiary/aromatic N) is 2. The molecule has 1 heterocycles. The first-order valence-electron chi connectivity index (χ1n) is 3.10. The molecular weight excluding hydrogens is 146 g/mol. The first-order valence-corrected chi connectivity index (χ1v) is 3.10. The van der Waals surface area contributed by atoms with E-state index in [9.17, 15) is 4.79 Å². The molecule has 60 valence electrons. The number of hydrogen-bond acceptors (Lipinski definition) is 3. The van der Waals surface area contributed by atoms with Crippen molar-refractivity contribution in [2.75, 3.05) is 0 Å². The van der Waals surface area contributed by atoms with Crippen molar-refractivity contribution in [1.82, 2.24) is 9.55 Å². The summed E-state index contributed by atoms with van der Waals surface area (Å²) in [6.45, 7) is 0.193. The van der Waals surface area contributed by atoms with Crippen LogP contribution >= 0.6 is 0 Å². The van der Waals surface area contributed by atoms with E-state index in [0.717, 1.165) is 0 Å². The van der Waals surface area contributed by atoms with Crippen molar-refractivity contribution in [2.45, 2.75) is 6.54 Å². The average Bonchev–Trinajstić information content (AvgIpc) is 2.30. The lowest BCUT2D eigenvalue weighted by atomic mass is 10.3. The van der Waals surface area contributed by atoms with Crippen molar-refractivity contribution < 1.29 is 9.90 Å². The molecule has 0 spiro atoms. The number of rotatable bonds is 2. The van der Waals surface area contributed by atoms with Crippen molar-refractivity contribution in [3.05, 3.63) is 17.7 Å². The SMILES string of the molecule is Cn1cnc(C(=O)O)c1CN. The molecule has 5 heteroatoms. The predicted molar refractivity (Wildman–Crippen MR) is 38.1 cm³/mol. The number of aromatic nitrogens is 2. The van der Waals surface area contributed by atoms with Crippen LogP contribution in [0.3, 0.4) is 0 Å². The van der Waals surface area contributed by atoms with Crippen LogP contribution in [-0.2, 0) is 13.6 Å². The van der Waals surface area contributed by atoms with Crippen LogP contribution in [0.2, 0.25) is 0 Å². The maximum absolute atomic E-state index is 10.5. The van der Waals surface area contributed by atoms with Crippen molar-refractivity contribution in [3.63, 3.8) is 0 Å². The van der Waals surface area contributed by atoms with Gasteiger partial charge in [-0.1, -0.05) is 0 Å². The fourth-order valence-corrected chi connectivity index (χ4v) is 0.875. The molecule has 3 N–H and O–H groups in total. The van der Waals surface area contributed by atoms with E-state index in [1.807, 2.05) is 0 Å². The van der Waals surface area contributed by atoms with Crippen LogP contribution in [0, 0.1) is 0 Å². The van der Waals surface area contributed by atoms with Gasteiger partial charge in [0.25, 0.3) is 0 Å². The molecule has 0 amide bonds.